The van der Waals surface area contributed by atoms with E-state index in [1.165, 1.54) is 38.5 Å². The quantitative estimate of drug-likeness (QED) is 0.357. The van der Waals surface area contributed by atoms with Crippen LogP contribution in [0.3, 0.4) is 0 Å². The van der Waals surface area contributed by atoms with Gasteiger partial charge in [-0.2, -0.15) is 0 Å². The lowest BCUT2D eigenvalue weighted by atomic mass is 9.47. The Bertz CT molecular complexity index is 633. The minimum absolute atomic E-state index is 0.102. The van der Waals surface area contributed by atoms with Gasteiger partial charge in [0.05, 0.1) is 6.10 Å². The van der Waals surface area contributed by atoms with E-state index in [4.69, 9.17) is 23.2 Å². The van der Waals surface area contributed by atoms with Crippen LogP contribution < -0.4 is 0 Å². The minimum atomic E-state index is -0.102. The van der Waals surface area contributed by atoms with Crippen molar-refractivity contribution in [1.82, 2.24) is 4.90 Å². The molecule has 0 aromatic carbocycles. The summed E-state index contributed by atoms with van der Waals surface area (Å²) in [4.78, 5) is 2.48. The van der Waals surface area contributed by atoms with Crippen molar-refractivity contribution in [2.45, 2.75) is 78.2 Å². The number of hydrogen-bond donors (Lipinski definition) is 1. The lowest BCUT2D eigenvalue weighted by Crippen LogP contribution is -2.51. The number of allylic oxidation sites excluding steroid dienone is 1. The van der Waals surface area contributed by atoms with E-state index in [0.29, 0.717) is 28.5 Å². The fourth-order valence-electron chi connectivity index (χ4n) is 8.68. The first-order valence-electron chi connectivity index (χ1n) is 12.6. The molecule has 0 heterocycles. The molecular formula is C26H43Cl2NO. The smallest absolute Gasteiger partial charge is 0.0577 e. The Balaban J connectivity index is 1.50. The molecule has 0 aromatic heterocycles. The molecule has 0 saturated heterocycles. The first-order valence-corrected chi connectivity index (χ1v) is 13.6. The van der Waals surface area contributed by atoms with Gasteiger partial charge < -0.3 is 10.0 Å². The van der Waals surface area contributed by atoms with Crippen molar-refractivity contribution in [1.29, 1.82) is 0 Å². The van der Waals surface area contributed by atoms with E-state index < -0.39 is 0 Å². The highest BCUT2D eigenvalue weighted by molar-refractivity contribution is 6.18. The van der Waals surface area contributed by atoms with E-state index in [1.807, 2.05) is 0 Å². The van der Waals surface area contributed by atoms with E-state index in [0.717, 1.165) is 56.1 Å². The van der Waals surface area contributed by atoms with Crippen LogP contribution >= 0.6 is 23.2 Å². The monoisotopic (exact) mass is 455 g/mol. The van der Waals surface area contributed by atoms with Crippen molar-refractivity contribution < 1.29 is 5.11 Å². The van der Waals surface area contributed by atoms with Gasteiger partial charge in [0.2, 0.25) is 0 Å². The Hall–Kier alpha value is 0.240. The maximum absolute atomic E-state index is 10.2. The van der Waals surface area contributed by atoms with Crippen molar-refractivity contribution in [2.75, 3.05) is 31.4 Å². The molecule has 0 radical (unpaired) electrons. The molecule has 1 N–H and O–H groups in total. The van der Waals surface area contributed by atoms with Gasteiger partial charge in [0.15, 0.2) is 0 Å². The summed E-state index contributed by atoms with van der Waals surface area (Å²) in [5.74, 6) is 5.48. The lowest BCUT2D eigenvalue weighted by Gasteiger charge is -2.58. The van der Waals surface area contributed by atoms with Crippen LogP contribution in [0.15, 0.2) is 11.6 Å². The maximum Gasteiger partial charge on any atom is 0.0577 e. The molecule has 8 unspecified atom stereocenters. The highest BCUT2D eigenvalue weighted by Gasteiger charge is 2.59. The SMILES string of the molecule is CC(CN(CCCl)CCCl)C1CCC2C3CC=C4CC(O)CCC4(C)C3CCC12C. The number of halogens is 2. The summed E-state index contributed by atoms with van der Waals surface area (Å²) in [6.45, 7) is 10.7. The van der Waals surface area contributed by atoms with E-state index in [-0.39, 0.29) is 6.10 Å². The van der Waals surface area contributed by atoms with Crippen LogP contribution in [0, 0.1) is 40.4 Å². The number of fused-ring (bicyclic) bond motifs is 5. The number of hydrogen-bond acceptors (Lipinski definition) is 2. The summed E-state index contributed by atoms with van der Waals surface area (Å²) in [6, 6.07) is 0. The summed E-state index contributed by atoms with van der Waals surface area (Å²) >= 11 is 12.1. The minimum Gasteiger partial charge on any atom is -0.393 e. The second kappa shape index (κ2) is 9.24. The van der Waals surface area contributed by atoms with Crippen LogP contribution in [0.25, 0.3) is 0 Å². The number of rotatable bonds is 7. The molecule has 0 aliphatic heterocycles. The molecule has 0 amide bonds. The molecule has 4 heteroatoms. The lowest BCUT2D eigenvalue weighted by molar-refractivity contribution is -0.0583. The van der Waals surface area contributed by atoms with Crippen molar-refractivity contribution in [2.24, 2.45) is 40.4 Å². The Kier molecular flexibility index (Phi) is 7.21. The van der Waals surface area contributed by atoms with Crippen molar-refractivity contribution in [3.05, 3.63) is 11.6 Å². The van der Waals surface area contributed by atoms with Crippen LogP contribution in [0.4, 0.5) is 0 Å². The standard InChI is InChI=1S/C26H43Cl2NO/c1-18(17-29(14-12-27)15-13-28)22-6-7-23-21-5-4-19-16-20(30)8-10-25(19,2)24(21)9-11-26(22,23)3/h4,18,20-24,30H,5-17H2,1-3H3. The molecule has 8 atom stereocenters. The summed E-state index contributed by atoms with van der Waals surface area (Å²) in [7, 11) is 0. The third kappa shape index (κ3) is 4.02. The van der Waals surface area contributed by atoms with Gasteiger partial charge in [-0.05, 0) is 91.8 Å². The predicted octanol–water partition coefficient (Wildman–Crippen LogP) is 6.34. The maximum atomic E-state index is 10.2. The Morgan fingerprint density at radius 3 is 2.50 bits per heavy atom. The fraction of sp³-hybridized carbons (Fsp3) is 0.923. The van der Waals surface area contributed by atoms with Gasteiger partial charge in [0.1, 0.15) is 0 Å². The van der Waals surface area contributed by atoms with Crippen molar-refractivity contribution in [3.63, 3.8) is 0 Å². The zero-order valence-electron chi connectivity index (χ0n) is 19.4. The normalized spacial score (nSPS) is 44.2. The van der Waals surface area contributed by atoms with Crippen molar-refractivity contribution >= 4 is 23.2 Å². The first kappa shape index (κ1) is 23.4. The average molecular weight is 457 g/mol. The summed E-state index contributed by atoms with van der Waals surface area (Å²) < 4.78 is 0. The molecule has 0 spiro atoms. The topological polar surface area (TPSA) is 23.5 Å². The molecule has 2 nitrogen and oxygen atoms in total. The van der Waals surface area contributed by atoms with E-state index in [9.17, 15) is 5.11 Å². The second-order valence-electron chi connectivity index (χ2n) is 11.5. The fourth-order valence-corrected chi connectivity index (χ4v) is 9.16. The molecule has 0 aromatic rings. The molecule has 4 aliphatic rings. The highest BCUT2D eigenvalue weighted by Crippen LogP contribution is 2.67. The second-order valence-corrected chi connectivity index (χ2v) is 12.3. The van der Waals surface area contributed by atoms with Crippen LogP contribution in [-0.2, 0) is 0 Å². The number of alkyl halides is 2. The average Bonchev–Trinajstić information content (AvgIpc) is 3.06. The van der Waals surface area contributed by atoms with Gasteiger partial charge >= 0.3 is 0 Å². The molecule has 4 rings (SSSR count). The van der Waals surface area contributed by atoms with Gasteiger partial charge in [0.25, 0.3) is 0 Å². The number of aliphatic hydroxyl groups excluding tert-OH is 1. The third-order valence-electron chi connectivity index (χ3n) is 10.2. The molecule has 172 valence electrons. The largest absolute Gasteiger partial charge is 0.393 e. The van der Waals surface area contributed by atoms with E-state index in [1.54, 1.807) is 5.57 Å². The van der Waals surface area contributed by atoms with Gasteiger partial charge in [-0.15, -0.1) is 23.2 Å². The van der Waals surface area contributed by atoms with Gasteiger partial charge in [0, 0.05) is 31.4 Å². The van der Waals surface area contributed by atoms with Gasteiger partial charge in [-0.3, -0.25) is 0 Å². The molecular weight excluding hydrogens is 413 g/mol. The van der Waals surface area contributed by atoms with Crippen LogP contribution in [0.1, 0.15) is 72.1 Å². The van der Waals surface area contributed by atoms with Crippen LogP contribution in [-0.4, -0.2) is 47.5 Å². The Morgan fingerprint density at radius 1 is 1.07 bits per heavy atom. The Morgan fingerprint density at radius 2 is 1.80 bits per heavy atom. The number of nitrogens with zero attached hydrogens (tertiary/aromatic N) is 1. The predicted molar refractivity (Wildman–Crippen MR) is 128 cm³/mol. The van der Waals surface area contributed by atoms with E-state index in [2.05, 4.69) is 31.7 Å². The zero-order chi connectivity index (χ0) is 21.5. The van der Waals surface area contributed by atoms with Gasteiger partial charge in [-0.1, -0.05) is 32.4 Å². The summed E-state index contributed by atoms with van der Waals surface area (Å²) in [6.07, 6.45) is 12.4. The van der Waals surface area contributed by atoms with Crippen LogP contribution in [0.2, 0.25) is 0 Å². The first-order chi connectivity index (χ1) is 14.3. The highest BCUT2D eigenvalue weighted by atomic mass is 35.5. The summed E-state index contributed by atoms with van der Waals surface area (Å²) in [5.41, 5.74) is 2.43. The molecule has 0 bridgehead atoms. The summed E-state index contributed by atoms with van der Waals surface area (Å²) in [5, 5.41) is 10.2. The zero-order valence-corrected chi connectivity index (χ0v) is 20.9. The Labute approximate surface area is 194 Å². The molecule has 4 aliphatic carbocycles. The number of aliphatic hydroxyl groups is 1. The van der Waals surface area contributed by atoms with Crippen molar-refractivity contribution in [3.8, 4) is 0 Å². The molecule has 3 fully saturated rings. The molecule has 30 heavy (non-hydrogen) atoms. The van der Waals surface area contributed by atoms with Crippen LogP contribution in [0.5, 0.6) is 0 Å². The van der Waals surface area contributed by atoms with Gasteiger partial charge in [-0.25, -0.2) is 0 Å². The third-order valence-corrected chi connectivity index (χ3v) is 10.5. The van der Waals surface area contributed by atoms with E-state index >= 15 is 0 Å². The molecule has 3 saturated carbocycles.